The van der Waals surface area contributed by atoms with Gasteiger partial charge in [-0.25, -0.2) is 14.3 Å². The van der Waals surface area contributed by atoms with Crippen LogP contribution in [0.15, 0.2) is 36.7 Å². The highest BCUT2D eigenvalue weighted by molar-refractivity contribution is 5.96. The van der Waals surface area contributed by atoms with E-state index >= 15 is 0 Å². The van der Waals surface area contributed by atoms with Crippen molar-refractivity contribution in [3.8, 4) is 11.3 Å². The van der Waals surface area contributed by atoms with E-state index in [2.05, 4.69) is 19.8 Å². The summed E-state index contributed by atoms with van der Waals surface area (Å²) in [5.41, 5.74) is 0.602. The average Bonchev–Trinajstić information content (AvgIpc) is 2.99. The molecule has 9 heteroatoms. The van der Waals surface area contributed by atoms with Gasteiger partial charge in [0, 0.05) is 18.0 Å². The molecule has 0 fully saturated rings. The predicted octanol–water partition coefficient (Wildman–Crippen LogP) is 2.60. The quantitative estimate of drug-likeness (QED) is 0.678. The molecule has 0 aliphatic carbocycles. The van der Waals surface area contributed by atoms with E-state index in [1.54, 1.807) is 12.1 Å². The largest absolute Gasteiger partial charge is 0.465 e. The molecule has 3 heterocycles. The molecule has 0 atom stereocenters. The fraction of sp³-hybridized carbons (Fsp3) is 0.143. The molecule has 3 rings (SSSR count). The van der Waals surface area contributed by atoms with Crippen LogP contribution < -0.4 is 0 Å². The van der Waals surface area contributed by atoms with Crippen LogP contribution in [0.1, 0.15) is 16.2 Å². The first-order valence-corrected chi connectivity index (χ1v) is 6.37. The van der Waals surface area contributed by atoms with Gasteiger partial charge in [0.1, 0.15) is 5.56 Å². The number of hydrogen-bond donors (Lipinski definition) is 0. The Balaban J connectivity index is 2.32. The van der Waals surface area contributed by atoms with Crippen molar-refractivity contribution in [3.05, 3.63) is 48.0 Å². The minimum absolute atomic E-state index is 0.103. The molecule has 0 bridgehead atoms. The van der Waals surface area contributed by atoms with Crippen molar-refractivity contribution in [1.82, 2.24) is 19.6 Å². The summed E-state index contributed by atoms with van der Waals surface area (Å²) in [5.74, 6) is -2.12. The molecular weight excluding hydrogens is 313 g/mol. The van der Waals surface area contributed by atoms with E-state index in [-0.39, 0.29) is 11.2 Å². The Morgan fingerprint density at radius 1 is 1.17 bits per heavy atom. The number of halogens is 3. The molecule has 23 heavy (non-hydrogen) atoms. The molecule has 0 aliphatic rings. The Morgan fingerprint density at radius 2 is 1.87 bits per heavy atom. The molecule has 0 saturated carbocycles. The van der Waals surface area contributed by atoms with E-state index in [1.807, 2.05) is 0 Å². The molecule has 0 spiro atoms. The summed E-state index contributed by atoms with van der Waals surface area (Å²) in [4.78, 5) is 19.0. The molecular formula is C14H9F3N4O2. The SMILES string of the molecule is COC(=O)c1ccc(-c2ccncc2)n2nc(C(F)(F)F)nc12. The highest BCUT2D eigenvalue weighted by atomic mass is 19.4. The number of esters is 1. The standard InChI is InChI=1S/C14H9F3N4O2/c1-23-12(22)9-2-3-10(8-4-6-18-7-5-8)21-11(9)19-13(20-21)14(15,16)17/h2-7H,1H3. The third-order valence-electron chi connectivity index (χ3n) is 3.12. The zero-order valence-electron chi connectivity index (χ0n) is 11.7. The van der Waals surface area contributed by atoms with Gasteiger partial charge in [0.05, 0.1) is 12.8 Å². The summed E-state index contributed by atoms with van der Waals surface area (Å²) in [7, 11) is 1.14. The van der Waals surface area contributed by atoms with Crippen LogP contribution in [0.3, 0.4) is 0 Å². The van der Waals surface area contributed by atoms with E-state index in [4.69, 9.17) is 0 Å². The van der Waals surface area contributed by atoms with Crippen LogP contribution in [0.2, 0.25) is 0 Å². The Labute approximate surface area is 127 Å². The van der Waals surface area contributed by atoms with Crippen LogP contribution >= 0.6 is 0 Å². The van der Waals surface area contributed by atoms with E-state index in [1.165, 1.54) is 24.5 Å². The molecule has 0 saturated heterocycles. The van der Waals surface area contributed by atoms with E-state index in [9.17, 15) is 18.0 Å². The molecule has 6 nitrogen and oxygen atoms in total. The molecule has 0 amide bonds. The number of carbonyl (C=O) groups excluding carboxylic acids is 1. The first-order valence-electron chi connectivity index (χ1n) is 6.37. The maximum atomic E-state index is 12.9. The molecule has 0 radical (unpaired) electrons. The van der Waals surface area contributed by atoms with Crippen LogP contribution in [0.5, 0.6) is 0 Å². The third-order valence-corrected chi connectivity index (χ3v) is 3.12. The summed E-state index contributed by atoms with van der Waals surface area (Å²) < 4.78 is 44.3. The van der Waals surface area contributed by atoms with Gasteiger partial charge in [-0.3, -0.25) is 4.98 Å². The molecule has 0 N–H and O–H groups in total. The predicted molar refractivity (Wildman–Crippen MR) is 72.6 cm³/mol. The maximum absolute atomic E-state index is 12.9. The second-order valence-corrected chi connectivity index (χ2v) is 4.53. The zero-order chi connectivity index (χ0) is 16.6. The summed E-state index contributed by atoms with van der Waals surface area (Å²) in [6.45, 7) is 0. The zero-order valence-corrected chi connectivity index (χ0v) is 11.7. The lowest BCUT2D eigenvalue weighted by Gasteiger charge is -2.06. The number of pyridine rings is 2. The number of alkyl halides is 3. The normalized spacial score (nSPS) is 11.7. The lowest BCUT2D eigenvalue weighted by Crippen LogP contribution is -2.07. The summed E-state index contributed by atoms with van der Waals surface area (Å²) in [6.07, 6.45) is -1.73. The van der Waals surface area contributed by atoms with E-state index < -0.39 is 18.0 Å². The van der Waals surface area contributed by atoms with Crippen molar-refractivity contribution in [2.75, 3.05) is 7.11 Å². The van der Waals surface area contributed by atoms with Crippen LogP contribution in [0, 0.1) is 0 Å². The smallest absolute Gasteiger partial charge is 0.453 e. The van der Waals surface area contributed by atoms with E-state index in [0.717, 1.165) is 11.6 Å². The van der Waals surface area contributed by atoms with Gasteiger partial charge >= 0.3 is 12.1 Å². The minimum Gasteiger partial charge on any atom is -0.465 e. The molecule has 3 aromatic heterocycles. The average molecular weight is 322 g/mol. The number of rotatable bonds is 2. The Hall–Kier alpha value is -2.97. The van der Waals surface area contributed by atoms with Gasteiger partial charge in [-0.2, -0.15) is 13.2 Å². The topological polar surface area (TPSA) is 69.4 Å². The van der Waals surface area contributed by atoms with Crippen molar-refractivity contribution in [2.45, 2.75) is 6.18 Å². The number of nitrogens with zero attached hydrogens (tertiary/aromatic N) is 4. The van der Waals surface area contributed by atoms with Crippen molar-refractivity contribution in [1.29, 1.82) is 0 Å². The third kappa shape index (κ3) is 2.60. The van der Waals surface area contributed by atoms with Gasteiger partial charge in [-0.1, -0.05) is 0 Å². The van der Waals surface area contributed by atoms with Gasteiger partial charge in [-0.15, -0.1) is 5.10 Å². The number of hydrogen-bond acceptors (Lipinski definition) is 5. The molecule has 0 aliphatic heterocycles. The van der Waals surface area contributed by atoms with Crippen LogP contribution in [0.25, 0.3) is 16.9 Å². The molecule has 3 aromatic rings. The van der Waals surface area contributed by atoms with Crippen LogP contribution in [-0.2, 0) is 10.9 Å². The number of fused-ring (bicyclic) bond motifs is 1. The second kappa shape index (κ2) is 5.34. The molecule has 0 aromatic carbocycles. The van der Waals surface area contributed by atoms with Crippen molar-refractivity contribution >= 4 is 11.6 Å². The summed E-state index contributed by atoms with van der Waals surface area (Å²) in [5, 5.41) is 3.49. The first kappa shape index (κ1) is 14.9. The monoisotopic (exact) mass is 322 g/mol. The van der Waals surface area contributed by atoms with Crippen LogP contribution in [0.4, 0.5) is 13.2 Å². The first-order chi connectivity index (χ1) is 10.9. The highest BCUT2D eigenvalue weighted by Crippen LogP contribution is 2.29. The summed E-state index contributed by atoms with van der Waals surface area (Å²) in [6, 6.07) is 6.05. The second-order valence-electron chi connectivity index (χ2n) is 4.53. The van der Waals surface area contributed by atoms with Gasteiger partial charge in [-0.05, 0) is 24.3 Å². The van der Waals surface area contributed by atoms with Gasteiger partial charge in [0.2, 0.25) is 0 Å². The maximum Gasteiger partial charge on any atom is 0.453 e. The number of carbonyl (C=O) groups is 1. The number of aromatic nitrogens is 4. The molecule has 118 valence electrons. The fourth-order valence-corrected chi connectivity index (χ4v) is 2.09. The van der Waals surface area contributed by atoms with Crippen molar-refractivity contribution < 1.29 is 22.7 Å². The van der Waals surface area contributed by atoms with E-state index in [0.29, 0.717) is 11.3 Å². The van der Waals surface area contributed by atoms with Gasteiger partial charge < -0.3 is 4.74 Å². The van der Waals surface area contributed by atoms with Crippen molar-refractivity contribution in [2.24, 2.45) is 0 Å². The minimum atomic E-state index is -4.73. The lowest BCUT2D eigenvalue weighted by atomic mass is 10.1. The number of methoxy groups -OCH3 is 1. The Kier molecular flexibility index (Phi) is 3.47. The highest BCUT2D eigenvalue weighted by Gasteiger charge is 2.37. The molecule has 0 unspecified atom stereocenters. The lowest BCUT2D eigenvalue weighted by molar-refractivity contribution is -0.144. The van der Waals surface area contributed by atoms with Crippen LogP contribution in [-0.4, -0.2) is 32.7 Å². The van der Waals surface area contributed by atoms with Gasteiger partial charge in [0.15, 0.2) is 5.65 Å². The van der Waals surface area contributed by atoms with Crippen molar-refractivity contribution in [3.63, 3.8) is 0 Å². The van der Waals surface area contributed by atoms with Gasteiger partial charge in [0.25, 0.3) is 5.82 Å². The summed E-state index contributed by atoms with van der Waals surface area (Å²) >= 11 is 0. The fourth-order valence-electron chi connectivity index (χ4n) is 2.09. The Bertz CT molecular complexity index is 875. The number of ether oxygens (including phenoxy) is 1. The Morgan fingerprint density at radius 3 is 2.48 bits per heavy atom.